The van der Waals surface area contributed by atoms with E-state index < -0.39 is 60.2 Å². The van der Waals surface area contributed by atoms with Crippen molar-refractivity contribution in [2.75, 3.05) is 13.2 Å². The number of carbonyl (C=O) groups excluding carboxylic acids is 5. The third kappa shape index (κ3) is 19.7. The fraction of sp³-hybridized carbons (Fsp3) is 0.853. The Morgan fingerprint density at radius 2 is 1.00 bits per heavy atom. The molecule has 1 heterocycles. The molecule has 1 fully saturated rings. The highest BCUT2D eigenvalue weighted by molar-refractivity contribution is 5.70. The molecule has 0 unspecified atom stereocenters. The van der Waals surface area contributed by atoms with Crippen molar-refractivity contribution in [3.05, 3.63) is 0 Å². The first-order chi connectivity index (χ1) is 21.7. The van der Waals surface area contributed by atoms with Crippen molar-refractivity contribution in [3.8, 4) is 0 Å². The zero-order chi connectivity index (χ0) is 34.5. The van der Waals surface area contributed by atoms with Gasteiger partial charge in [-0.25, -0.2) is 0 Å². The Balaban J connectivity index is 2.36. The highest BCUT2D eigenvalue weighted by Crippen LogP contribution is 2.30. The minimum Gasteiger partial charge on any atom is -0.463 e. The maximum atomic E-state index is 11.9. The molecule has 5 atom stereocenters. The lowest BCUT2D eigenvalue weighted by molar-refractivity contribution is -0.308. The molecule has 1 aliphatic heterocycles. The number of carbonyl (C=O) groups is 5. The van der Waals surface area contributed by atoms with Gasteiger partial charge in [0, 0.05) is 40.7 Å². The molecule has 0 aromatic heterocycles. The highest BCUT2D eigenvalue weighted by Gasteiger charge is 2.52. The summed E-state index contributed by atoms with van der Waals surface area (Å²) in [5, 5.41) is 0. The van der Waals surface area contributed by atoms with Gasteiger partial charge in [-0.15, -0.1) is 0 Å². The molecule has 1 aliphatic rings. The van der Waals surface area contributed by atoms with Crippen LogP contribution in [0.15, 0.2) is 0 Å². The quantitative estimate of drug-likeness (QED) is 0.0775. The van der Waals surface area contributed by atoms with Crippen LogP contribution in [0.4, 0.5) is 0 Å². The summed E-state index contributed by atoms with van der Waals surface area (Å²) >= 11 is 0. The van der Waals surface area contributed by atoms with Gasteiger partial charge >= 0.3 is 29.8 Å². The Kier molecular flexibility index (Phi) is 20.4. The highest BCUT2D eigenvalue weighted by atomic mass is 16.7. The van der Waals surface area contributed by atoms with Crippen LogP contribution in [0.5, 0.6) is 0 Å². The normalized spacial score (nSPS) is 21.2. The number of ether oxygens (including phenoxy) is 7. The average Bonchev–Trinajstić information content (AvgIpc) is 2.92. The topological polar surface area (TPSA) is 150 Å². The van der Waals surface area contributed by atoms with E-state index in [1.807, 2.05) is 20.8 Å². The van der Waals surface area contributed by atoms with Crippen LogP contribution >= 0.6 is 0 Å². The molecule has 0 N–H and O–H groups in total. The van der Waals surface area contributed by atoms with E-state index in [-0.39, 0.29) is 12.6 Å². The van der Waals surface area contributed by atoms with Crippen molar-refractivity contribution in [2.24, 2.45) is 0 Å². The molecule has 0 saturated carbocycles. The minimum atomic E-state index is -1.23. The number of rotatable bonds is 22. The van der Waals surface area contributed by atoms with Crippen LogP contribution in [0, 0.1) is 0 Å². The average molecular weight is 659 g/mol. The molecule has 1 rings (SSSR count). The summed E-state index contributed by atoms with van der Waals surface area (Å²) in [5.41, 5.74) is -0.411. The fourth-order valence-corrected chi connectivity index (χ4v) is 5.23. The van der Waals surface area contributed by atoms with Gasteiger partial charge in [0.1, 0.15) is 18.3 Å². The van der Waals surface area contributed by atoms with Crippen molar-refractivity contribution >= 4 is 29.8 Å². The summed E-state index contributed by atoms with van der Waals surface area (Å²) in [7, 11) is 0. The Morgan fingerprint density at radius 3 is 1.46 bits per heavy atom. The molecule has 0 bridgehead atoms. The molecule has 266 valence electrons. The first-order valence-corrected chi connectivity index (χ1v) is 16.8. The van der Waals surface area contributed by atoms with Crippen molar-refractivity contribution < 1.29 is 57.1 Å². The Labute approximate surface area is 274 Å². The second kappa shape index (κ2) is 22.7. The van der Waals surface area contributed by atoms with Crippen LogP contribution in [0.25, 0.3) is 0 Å². The van der Waals surface area contributed by atoms with Gasteiger partial charge in [0.25, 0.3) is 0 Å². The van der Waals surface area contributed by atoms with Gasteiger partial charge in [-0.3, -0.25) is 24.0 Å². The summed E-state index contributed by atoms with van der Waals surface area (Å²) in [5.74, 6) is -2.70. The molecule has 12 nitrogen and oxygen atoms in total. The van der Waals surface area contributed by atoms with Crippen LogP contribution in [0.2, 0.25) is 0 Å². The predicted molar refractivity (Wildman–Crippen MR) is 168 cm³/mol. The second-order valence-corrected chi connectivity index (χ2v) is 12.9. The molecule has 0 aliphatic carbocycles. The van der Waals surface area contributed by atoms with Crippen LogP contribution in [-0.4, -0.2) is 79.4 Å². The smallest absolute Gasteiger partial charge is 0.306 e. The molecule has 0 spiro atoms. The molecule has 1 saturated heterocycles. The van der Waals surface area contributed by atoms with Gasteiger partial charge in [0.05, 0.1) is 0 Å². The van der Waals surface area contributed by atoms with Crippen LogP contribution in [0.1, 0.15) is 138 Å². The lowest BCUT2D eigenvalue weighted by Gasteiger charge is -2.44. The minimum absolute atomic E-state index is 0.109. The van der Waals surface area contributed by atoms with Crippen molar-refractivity contribution in [1.82, 2.24) is 0 Å². The summed E-state index contributed by atoms with van der Waals surface area (Å²) < 4.78 is 38.5. The zero-order valence-electron chi connectivity index (χ0n) is 29.1. The second-order valence-electron chi connectivity index (χ2n) is 12.9. The first-order valence-electron chi connectivity index (χ1n) is 16.8. The Bertz CT molecular complexity index is 928. The largest absolute Gasteiger partial charge is 0.463 e. The molecule has 0 aromatic rings. The van der Waals surface area contributed by atoms with Gasteiger partial charge in [0.15, 0.2) is 24.6 Å². The Hall–Kier alpha value is -2.73. The fourth-order valence-electron chi connectivity index (χ4n) is 5.23. The van der Waals surface area contributed by atoms with Crippen LogP contribution in [-0.2, 0) is 57.1 Å². The summed E-state index contributed by atoms with van der Waals surface area (Å²) in [6, 6.07) is 0. The molecular weight excluding hydrogens is 600 g/mol. The van der Waals surface area contributed by atoms with E-state index in [2.05, 4.69) is 0 Å². The number of esters is 5. The SMILES string of the molecule is CC(=O)OC[C@H]1O[C@@H](OCCCCCCCCCCCCCCCC(=O)OC(C)(C)C)[C@H](OC(C)=O)[C@@H](OC(C)=O)[C@@H]1OC(C)=O. The third-order valence-corrected chi connectivity index (χ3v) is 7.18. The van der Waals surface area contributed by atoms with Gasteiger partial charge < -0.3 is 33.2 Å². The zero-order valence-corrected chi connectivity index (χ0v) is 29.1. The molecule has 0 amide bonds. The first kappa shape index (κ1) is 41.3. The van der Waals surface area contributed by atoms with E-state index in [0.29, 0.717) is 13.0 Å². The monoisotopic (exact) mass is 658 g/mol. The molecule has 46 heavy (non-hydrogen) atoms. The summed E-state index contributed by atoms with van der Waals surface area (Å²) in [4.78, 5) is 58.9. The standard InChI is InChI=1S/C34H58O12/c1-24(35)41-23-28-30(42-25(2)36)31(43-26(3)37)32(44-27(4)38)33(45-28)40-22-20-18-16-14-12-10-8-9-11-13-15-17-19-21-29(39)46-34(5,6)7/h28,30-33H,8-23H2,1-7H3/t28-,30-,31+,32-,33-/m1/s1. The van der Waals surface area contributed by atoms with Gasteiger partial charge in [-0.1, -0.05) is 70.6 Å². The third-order valence-electron chi connectivity index (χ3n) is 7.18. The van der Waals surface area contributed by atoms with E-state index in [9.17, 15) is 24.0 Å². The Morgan fingerprint density at radius 1 is 0.565 bits per heavy atom. The maximum absolute atomic E-state index is 11.9. The van der Waals surface area contributed by atoms with E-state index in [0.717, 1.165) is 44.9 Å². The number of unbranched alkanes of at least 4 members (excludes halogenated alkanes) is 12. The lowest BCUT2D eigenvalue weighted by Crippen LogP contribution is -2.63. The number of hydrogen-bond donors (Lipinski definition) is 0. The van der Waals surface area contributed by atoms with Gasteiger partial charge in [-0.2, -0.15) is 0 Å². The van der Waals surface area contributed by atoms with Crippen molar-refractivity contribution in [1.29, 1.82) is 0 Å². The van der Waals surface area contributed by atoms with Gasteiger partial charge in [-0.05, 0) is 33.6 Å². The number of hydrogen-bond acceptors (Lipinski definition) is 12. The maximum Gasteiger partial charge on any atom is 0.306 e. The summed E-state index contributed by atoms with van der Waals surface area (Å²) in [6.45, 7) is 10.5. The van der Waals surface area contributed by atoms with Crippen molar-refractivity contribution in [2.45, 2.75) is 175 Å². The molecule has 0 radical (unpaired) electrons. The van der Waals surface area contributed by atoms with Crippen molar-refractivity contribution in [3.63, 3.8) is 0 Å². The van der Waals surface area contributed by atoms with Crippen LogP contribution in [0.3, 0.4) is 0 Å². The van der Waals surface area contributed by atoms with Crippen LogP contribution < -0.4 is 0 Å². The van der Waals surface area contributed by atoms with Gasteiger partial charge in [0.2, 0.25) is 0 Å². The summed E-state index contributed by atoms with van der Waals surface area (Å²) in [6.07, 6.45) is 8.97. The molecule has 12 heteroatoms. The van der Waals surface area contributed by atoms with E-state index >= 15 is 0 Å². The lowest BCUT2D eigenvalue weighted by atomic mass is 9.98. The van der Waals surface area contributed by atoms with E-state index in [4.69, 9.17) is 33.2 Å². The predicted octanol–water partition coefficient (Wildman–Crippen LogP) is 5.89. The molecular formula is C34H58O12. The molecule has 0 aromatic carbocycles. The van der Waals surface area contributed by atoms with E-state index in [1.165, 1.54) is 66.2 Å². The van der Waals surface area contributed by atoms with E-state index in [1.54, 1.807) is 0 Å².